The van der Waals surface area contributed by atoms with Crippen LogP contribution in [0.15, 0.2) is 34.1 Å². The molecule has 126 valence electrons. The Morgan fingerprint density at radius 3 is 2.79 bits per heavy atom. The Bertz CT molecular complexity index is 899. The number of rotatable bonds is 6. The Kier molecular flexibility index (Phi) is 4.94. The molecule has 0 aliphatic rings. The van der Waals surface area contributed by atoms with Gasteiger partial charge in [0.1, 0.15) is 0 Å². The molecular weight excluding hydrogens is 320 g/mol. The van der Waals surface area contributed by atoms with Crippen molar-refractivity contribution < 1.29 is 0 Å². The molecule has 2 aromatic heterocycles. The van der Waals surface area contributed by atoms with E-state index < -0.39 is 0 Å². The van der Waals surface area contributed by atoms with Gasteiger partial charge in [0.25, 0.3) is 5.56 Å². The Labute approximate surface area is 145 Å². The van der Waals surface area contributed by atoms with Crippen LogP contribution in [-0.2, 0) is 6.42 Å². The van der Waals surface area contributed by atoms with Gasteiger partial charge in [0.2, 0.25) is 5.13 Å². The van der Waals surface area contributed by atoms with Gasteiger partial charge in [-0.25, -0.2) is 4.98 Å². The number of fused-ring (bicyclic) bond motifs is 1. The molecule has 1 N–H and O–H groups in total. The number of aryl methyl sites for hydroxylation is 1. The fourth-order valence-electron chi connectivity index (χ4n) is 2.74. The second-order valence-electron chi connectivity index (χ2n) is 5.79. The van der Waals surface area contributed by atoms with Crippen molar-refractivity contribution in [1.29, 1.82) is 0 Å². The first-order chi connectivity index (χ1) is 11.7. The number of aromatic amines is 1. The number of benzene rings is 1. The van der Waals surface area contributed by atoms with Crippen LogP contribution >= 0.6 is 11.3 Å². The van der Waals surface area contributed by atoms with Gasteiger partial charge in [-0.1, -0.05) is 43.7 Å². The Hall–Kier alpha value is -2.21. The van der Waals surface area contributed by atoms with Gasteiger partial charge in [0.05, 0.1) is 15.8 Å². The van der Waals surface area contributed by atoms with Gasteiger partial charge >= 0.3 is 0 Å². The highest BCUT2D eigenvalue weighted by atomic mass is 32.1. The molecule has 0 saturated heterocycles. The molecule has 3 rings (SSSR count). The number of H-pyrrole nitrogens is 1. The monoisotopic (exact) mass is 342 g/mol. The largest absolute Gasteiger partial charge is 0.292 e. The minimum atomic E-state index is -0.0603. The molecule has 0 radical (unpaired) electrons. The predicted molar refractivity (Wildman–Crippen MR) is 101 cm³/mol. The quantitative estimate of drug-likeness (QED) is 0.690. The highest BCUT2D eigenvalue weighted by molar-refractivity contribution is 7.20. The van der Waals surface area contributed by atoms with E-state index in [1.54, 1.807) is 4.68 Å². The van der Waals surface area contributed by atoms with Crippen molar-refractivity contribution in [2.75, 3.05) is 6.54 Å². The highest BCUT2D eigenvalue weighted by Crippen LogP contribution is 2.23. The zero-order valence-corrected chi connectivity index (χ0v) is 15.1. The minimum absolute atomic E-state index is 0.0603. The van der Waals surface area contributed by atoms with Crippen LogP contribution < -0.4 is 5.56 Å². The van der Waals surface area contributed by atoms with Crippen molar-refractivity contribution in [2.24, 2.45) is 4.99 Å². The van der Waals surface area contributed by atoms with E-state index >= 15 is 0 Å². The average molecular weight is 342 g/mol. The summed E-state index contributed by atoms with van der Waals surface area (Å²) in [5.74, 6) is 0. The topological polar surface area (TPSA) is 63.0 Å². The van der Waals surface area contributed by atoms with Crippen molar-refractivity contribution in [3.05, 3.63) is 45.9 Å². The van der Waals surface area contributed by atoms with Crippen LogP contribution in [0.2, 0.25) is 0 Å². The average Bonchev–Trinajstić information content (AvgIpc) is 3.14. The summed E-state index contributed by atoms with van der Waals surface area (Å²) in [6.45, 7) is 6.85. The molecule has 0 aliphatic carbocycles. The summed E-state index contributed by atoms with van der Waals surface area (Å²) in [5.41, 5.74) is 3.30. The third-order valence-electron chi connectivity index (χ3n) is 3.87. The number of hydrogen-bond acceptors (Lipinski definition) is 4. The molecule has 0 saturated carbocycles. The Balaban J connectivity index is 2.13. The number of nitrogens with one attached hydrogen (secondary N) is 1. The van der Waals surface area contributed by atoms with E-state index in [1.807, 2.05) is 31.2 Å². The normalized spacial score (nSPS) is 12.2. The molecule has 0 amide bonds. The first-order valence-corrected chi connectivity index (χ1v) is 9.18. The molecule has 6 heteroatoms. The van der Waals surface area contributed by atoms with Gasteiger partial charge in [0.15, 0.2) is 0 Å². The van der Waals surface area contributed by atoms with Crippen LogP contribution in [0.5, 0.6) is 0 Å². The van der Waals surface area contributed by atoms with Crippen molar-refractivity contribution in [3.8, 4) is 5.13 Å². The fourth-order valence-corrected chi connectivity index (χ4v) is 3.66. The summed E-state index contributed by atoms with van der Waals surface area (Å²) >= 11 is 1.51. The van der Waals surface area contributed by atoms with E-state index in [0.717, 1.165) is 47.4 Å². The van der Waals surface area contributed by atoms with Crippen molar-refractivity contribution >= 4 is 27.3 Å². The molecule has 3 aromatic rings. The molecule has 0 bridgehead atoms. The first-order valence-electron chi connectivity index (χ1n) is 8.37. The summed E-state index contributed by atoms with van der Waals surface area (Å²) in [5, 5.41) is 3.93. The van der Waals surface area contributed by atoms with E-state index in [-0.39, 0.29) is 5.56 Å². The molecule has 0 unspecified atom stereocenters. The molecular formula is C18H22N4OS. The van der Waals surface area contributed by atoms with Crippen LogP contribution in [0, 0.1) is 0 Å². The van der Waals surface area contributed by atoms with Crippen LogP contribution in [0.4, 0.5) is 0 Å². The summed E-state index contributed by atoms with van der Waals surface area (Å²) in [6, 6.07) is 7.92. The number of aliphatic imine (C=N–C) groups is 1. The number of hydrogen-bond donors (Lipinski definition) is 1. The molecule has 24 heavy (non-hydrogen) atoms. The van der Waals surface area contributed by atoms with Crippen LogP contribution in [-0.4, -0.2) is 27.0 Å². The standard InChI is InChI=1S/C18H22N4OS/c1-4-8-14-16(12(3)19-11-5-2)17(23)22(21-14)18-20-13-9-6-7-10-15(13)24-18/h6-7,9-10,21H,4-5,8,11H2,1-3H3. The summed E-state index contributed by atoms with van der Waals surface area (Å²) in [4.78, 5) is 22.1. The summed E-state index contributed by atoms with van der Waals surface area (Å²) in [6.07, 6.45) is 2.76. The maximum absolute atomic E-state index is 13.0. The van der Waals surface area contributed by atoms with Crippen LogP contribution in [0.25, 0.3) is 15.3 Å². The fraction of sp³-hybridized carbons (Fsp3) is 0.389. The Morgan fingerprint density at radius 2 is 2.08 bits per heavy atom. The van der Waals surface area contributed by atoms with E-state index in [9.17, 15) is 4.79 Å². The molecule has 0 atom stereocenters. The number of nitrogens with zero attached hydrogens (tertiary/aromatic N) is 3. The number of thiazole rings is 1. The molecule has 0 aliphatic heterocycles. The lowest BCUT2D eigenvalue weighted by Crippen LogP contribution is -2.19. The van der Waals surface area contributed by atoms with Crippen molar-refractivity contribution in [2.45, 2.75) is 40.0 Å². The third-order valence-corrected chi connectivity index (χ3v) is 4.90. The molecule has 5 nitrogen and oxygen atoms in total. The van der Waals surface area contributed by atoms with Gasteiger partial charge in [-0.15, -0.1) is 0 Å². The zero-order valence-electron chi connectivity index (χ0n) is 14.3. The molecule has 0 spiro atoms. The van der Waals surface area contributed by atoms with E-state index in [0.29, 0.717) is 10.7 Å². The van der Waals surface area contributed by atoms with Gasteiger partial charge in [0, 0.05) is 18.0 Å². The third kappa shape index (κ3) is 3.06. The first kappa shape index (κ1) is 16.6. The van der Waals surface area contributed by atoms with Gasteiger partial charge in [-0.2, -0.15) is 4.68 Å². The molecule has 0 fully saturated rings. The van der Waals surface area contributed by atoms with Gasteiger partial charge in [-0.3, -0.25) is 14.9 Å². The van der Waals surface area contributed by atoms with Gasteiger partial charge < -0.3 is 0 Å². The van der Waals surface area contributed by atoms with E-state index in [4.69, 9.17) is 0 Å². The minimum Gasteiger partial charge on any atom is -0.292 e. The maximum Gasteiger partial charge on any atom is 0.282 e. The van der Waals surface area contributed by atoms with Crippen molar-refractivity contribution in [3.63, 3.8) is 0 Å². The summed E-state index contributed by atoms with van der Waals surface area (Å²) < 4.78 is 2.64. The second-order valence-corrected chi connectivity index (χ2v) is 6.80. The highest BCUT2D eigenvalue weighted by Gasteiger charge is 2.19. The van der Waals surface area contributed by atoms with E-state index in [2.05, 4.69) is 28.9 Å². The molecule has 1 aromatic carbocycles. The summed E-state index contributed by atoms with van der Waals surface area (Å²) in [7, 11) is 0. The maximum atomic E-state index is 13.0. The van der Waals surface area contributed by atoms with Crippen molar-refractivity contribution in [1.82, 2.24) is 14.8 Å². The second kappa shape index (κ2) is 7.13. The SMILES string of the molecule is CCCN=C(C)c1c(CCC)[nH]n(-c2nc3ccccc3s2)c1=O. The lowest BCUT2D eigenvalue weighted by atomic mass is 10.1. The number of aromatic nitrogens is 3. The molecule has 2 heterocycles. The van der Waals surface area contributed by atoms with E-state index in [1.165, 1.54) is 11.3 Å². The van der Waals surface area contributed by atoms with Crippen LogP contribution in [0.3, 0.4) is 0 Å². The van der Waals surface area contributed by atoms with Gasteiger partial charge in [-0.05, 0) is 31.9 Å². The smallest absolute Gasteiger partial charge is 0.282 e. The number of para-hydroxylation sites is 1. The zero-order chi connectivity index (χ0) is 17.1. The lowest BCUT2D eigenvalue weighted by molar-refractivity contribution is 0.790. The lowest BCUT2D eigenvalue weighted by Gasteiger charge is -2.00. The predicted octanol–water partition coefficient (Wildman–Crippen LogP) is 3.95. The Morgan fingerprint density at radius 1 is 1.29 bits per heavy atom. The van der Waals surface area contributed by atoms with Crippen LogP contribution in [0.1, 0.15) is 44.9 Å².